The van der Waals surface area contributed by atoms with Gasteiger partial charge in [-0.15, -0.1) is 0 Å². The molecule has 0 aliphatic carbocycles. The fraction of sp³-hybridized carbons (Fsp3) is 0.128. The van der Waals surface area contributed by atoms with Crippen LogP contribution < -0.4 is 14.2 Å². The summed E-state index contributed by atoms with van der Waals surface area (Å²) in [7, 11) is 10.4. The topological polar surface area (TPSA) is 207 Å². The van der Waals surface area contributed by atoms with Crippen LogP contribution in [0.4, 0.5) is 34.1 Å². The minimum Gasteiger partial charge on any atom is -0.497 e. The molecule has 0 atom stereocenters. The van der Waals surface area contributed by atoms with E-state index in [9.17, 15) is 19.2 Å². The van der Waals surface area contributed by atoms with E-state index in [0.29, 0.717) is 22.3 Å². The van der Waals surface area contributed by atoms with E-state index in [1.54, 1.807) is 119 Å². The van der Waals surface area contributed by atoms with E-state index in [0.717, 1.165) is 84.8 Å². The maximum absolute atomic E-state index is 11.3. The SMILES string of the molecule is COC(=O)c1ccc(C=Nc2ccc(C)cc2)cc1.COC(=O)c1ccc(C=Nc2ccc(OC)cc2)cc1.COC(=O)c1ccc(N=Cc2ccc(C)cc2)cc1.COC(=O)c1ccc(N=Cc2ccc(OC)cc2)cc1.COc1ccc(N=Cc2ccc(C)cc2)cc1.Cc1ccc(C=Nc2ccc(C)cc2)cc1. The fourth-order valence-corrected chi connectivity index (χ4v) is 9.39. The molecular formula is C94H90N6O11. The van der Waals surface area contributed by atoms with E-state index in [-0.39, 0.29) is 23.9 Å². The van der Waals surface area contributed by atoms with Crippen molar-refractivity contribution >= 4 is 95.3 Å². The Morgan fingerprint density at radius 2 is 0.333 bits per heavy atom. The highest BCUT2D eigenvalue weighted by Gasteiger charge is 2.08. The van der Waals surface area contributed by atoms with Crippen LogP contribution in [0, 0.1) is 34.6 Å². The molecule has 0 heterocycles. The van der Waals surface area contributed by atoms with E-state index in [4.69, 9.17) is 14.2 Å². The first-order valence-corrected chi connectivity index (χ1v) is 35.1. The quantitative estimate of drug-likeness (QED) is 0.0423. The van der Waals surface area contributed by atoms with Gasteiger partial charge in [-0.2, -0.15) is 0 Å². The molecule has 0 aliphatic rings. The summed E-state index contributed by atoms with van der Waals surface area (Å²) >= 11 is 0. The highest BCUT2D eigenvalue weighted by Crippen LogP contribution is 2.22. The first-order chi connectivity index (χ1) is 53.8. The Kier molecular flexibility index (Phi) is 35.0. The van der Waals surface area contributed by atoms with E-state index in [1.807, 2.05) is 184 Å². The zero-order valence-corrected chi connectivity index (χ0v) is 64.4. The second kappa shape index (κ2) is 46.1. The van der Waals surface area contributed by atoms with Gasteiger partial charge < -0.3 is 33.2 Å². The summed E-state index contributed by atoms with van der Waals surface area (Å²) in [6.07, 6.45) is 10.8. The molecule has 111 heavy (non-hydrogen) atoms. The first-order valence-electron chi connectivity index (χ1n) is 35.1. The molecule has 0 N–H and O–H groups in total. The van der Waals surface area contributed by atoms with Crippen LogP contribution in [0.2, 0.25) is 0 Å². The molecule has 0 unspecified atom stereocenters. The molecule has 0 saturated heterocycles. The molecule has 0 spiro atoms. The van der Waals surface area contributed by atoms with Crippen LogP contribution in [-0.2, 0) is 18.9 Å². The van der Waals surface area contributed by atoms with Crippen LogP contribution in [0.3, 0.4) is 0 Å². The number of methoxy groups -OCH3 is 7. The van der Waals surface area contributed by atoms with Gasteiger partial charge in [-0.25, -0.2) is 19.2 Å². The molecule has 0 fully saturated rings. The number of ether oxygens (including phenoxy) is 7. The molecule has 12 rings (SSSR count). The van der Waals surface area contributed by atoms with Gasteiger partial charge >= 0.3 is 23.9 Å². The summed E-state index contributed by atoms with van der Waals surface area (Å²) < 4.78 is 33.8. The number of benzene rings is 12. The second-order valence-corrected chi connectivity index (χ2v) is 24.4. The lowest BCUT2D eigenvalue weighted by molar-refractivity contribution is 0.0592. The number of hydrogen-bond donors (Lipinski definition) is 0. The standard InChI is InChI=1S/2C16H15NO3.2C16H15NO2.C15H15NO.C15H15N/c1-19-15-9-3-12(4-10-15)11-17-14-7-5-13(6-8-14)16(18)20-2;1-19-15-9-7-14(8-10-15)17-11-12-3-5-13(6-4-12)16(18)20-2;1-12-3-9-15(10-4-12)17-11-13-5-7-14(8-6-13)16(18)19-2;1-12-3-5-13(6-4-12)11-17-15-9-7-14(8-10-15)16(18)19-2;1-12-3-5-13(6-4-12)11-16-14-7-9-15(17-2)10-8-14;1-12-3-7-14(8-4-12)11-16-15-9-5-13(2)6-10-15/h2*3-11H,1-2H3;2*3-11H,1-2H3;3-11H,1-2H3;3-11H,1-2H3. The molecule has 0 aromatic heterocycles. The number of carbonyl (C=O) groups excluding carboxylic acids is 4. The number of aliphatic imine (C=N–C) groups is 6. The molecule has 12 aromatic rings. The van der Waals surface area contributed by atoms with Gasteiger partial charge in [0.25, 0.3) is 0 Å². The Morgan fingerprint density at radius 3 is 0.514 bits per heavy atom. The average Bonchev–Trinajstić information content (AvgIpc) is 0.878. The number of hydrogen-bond acceptors (Lipinski definition) is 17. The lowest BCUT2D eigenvalue weighted by Gasteiger charge is -2.00. The van der Waals surface area contributed by atoms with Crippen molar-refractivity contribution in [3.05, 3.63) is 375 Å². The molecular weight excluding hydrogens is 1390 g/mol. The Balaban J connectivity index is 0.000000185. The molecule has 12 aromatic carbocycles. The summed E-state index contributed by atoms with van der Waals surface area (Å²) in [6.45, 7) is 10.3. The molecule has 562 valence electrons. The van der Waals surface area contributed by atoms with Crippen molar-refractivity contribution in [1.29, 1.82) is 0 Å². The van der Waals surface area contributed by atoms with Gasteiger partial charge in [0.2, 0.25) is 0 Å². The molecule has 0 saturated carbocycles. The zero-order valence-electron chi connectivity index (χ0n) is 64.4. The molecule has 0 radical (unpaired) electrons. The van der Waals surface area contributed by atoms with Gasteiger partial charge in [0.1, 0.15) is 17.2 Å². The van der Waals surface area contributed by atoms with Crippen molar-refractivity contribution in [2.75, 3.05) is 49.8 Å². The number of carbonyl (C=O) groups is 4. The van der Waals surface area contributed by atoms with Crippen molar-refractivity contribution in [2.45, 2.75) is 34.6 Å². The lowest BCUT2D eigenvalue weighted by atomic mass is 10.1. The second-order valence-electron chi connectivity index (χ2n) is 24.4. The Morgan fingerprint density at radius 1 is 0.198 bits per heavy atom. The third-order valence-corrected chi connectivity index (χ3v) is 16.0. The predicted octanol–water partition coefficient (Wildman–Crippen LogP) is 21.3. The molecule has 0 aliphatic heterocycles. The van der Waals surface area contributed by atoms with Gasteiger partial charge in [0.05, 0.1) is 106 Å². The van der Waals surface area contributed by atoms with Crippen molar-refractivity contribution < 1.29 is 52.3 Å². The Labute approximate surface area is 650 Å². The highest BCUT2D eigenvalue weighted by atomic mass is 16.5. The van der Waals surface area contributed by atoms with Crippen molar-refractivity contribution in [3.8, 4) is 17.2 Å². The fourth-order valence-electron chi connectivity index (χ4n) is 9.39. The Bertz CT molecular complexity index is 4740. The molecule has 0 amide bonds. The van der Waals surface area contributed by atoms with Crippen LogP contribution in [0.15, 0.2) is 321 Å². The van der Waals surface area contributed by atoms with Crippen LogP contribution in [0.25, 0.3) is 0 Å². The van der Waals surface area contributed by atoms with E-state index < -0.39 is 0 Å². The third-order valence-electron chi connectivity index (χ3n) is 16.0. The third kappa shape index (κ3) is 30.7. The highest BCUT2D eigenvalue weighted by molar-refractivity contribution is 5.93. The minimum absolute atomic E-state index is 0.331. The maximum Gasteiger partial charge on any atom is 0.337 e. The molecule has 0 bridgehead atoms. The maximum atomic E-state index is 11.3. The van der Waals surface area contributed by atoms with Crippen LogP contribution in [0.5, 0.6) is 17.2 Å². The van der Waals surface area contributed by atoms with Gasteiger partial charge in [0, 0.05) is 37.3 Å². The number of aryl methyl sites for hydroxylation is 5. The number of esters is 4. The monoisotopic (exact) mass is 1480 g/mol. The van der Waals surface area contributed by atoms with Crippen molar-refractivity contribution in [1.82, 2.24) is 0 Å². The normalized spacial score (nSPS) is 10.6. The Hall–Kier alpha value is -14.1. The summed E-state index contributed by atoms with van der Waals surface area (Å²) in [5.74, 6) is 1.09. The lowest BCUT2D eigenvalue weighted by Crippen LogP contribution is -2.00. The summed E-state index contributed by atoms with van der Waals surface area (Å²) in [5.41, 5.74) is 19.6. The molecule has 17 heteroatoms. The van der Waals surface area contributed by atoms with Crippen LogP contribution in [0.1, 0.15) is 103 Å². The van der Waals surface area contributed by atoms with E-state index in [1.165, 1.54) is 56.3 Å². The number of nitrogens with zero attached hydrogens (tertiary/aromatic N) is 6. The van der Waals surface area contributed by atoms with Gasteiger partial charge in [0.15, 0.2) is 0 Å². The zero-order chi connectivity index (χ0) is 79.5. The minimum atomic E-state index is -0.351. The average molecular weight is 1480 g/mol. The largest absolute Gasteiger partial charge is 0.497 e. The smallest absolute Gasteiger partial charge is 0.337 e. The van der Waals surface area contributed by atoms with Crippen molar-refractivity contribution in [3.63, 3.8) is 0 Å². The van der Waals surface area contributed by atoms with E-state index >= 15 is 0 Å². The van der Waals surface area contributed by atoms with Gasteiger partial charge in [-0.05, 0) is 238 Å². The van der Waals surface area contributed by atoms with Crippen LogP contribution >= 0.6 is 0 Å². The van der Waals surface area contributed by atoms with Crippen LogP contribution in [-0.4, -0.2) is 111 Å². The first kappa shape index (κ1) is 84.2. The van der Waals surface area contributed by atoms with E-state index in [2.05, 4.69) is 130 Å². The van der Waals surface area contributed by atoms with Gasteiger partial charge in [-0.1, -0.05) is 149 Å². The van der Waals surface area contributed by atoms with Gasteiger partial charge in [-0.3, -0.25) is 30.0 Å². The summed E-state index contributed by atoms with van der Waals surface area (Å²) in [5, 5.41) is 0. The van der Waals surface area contributed by atoms with Crippen molar-refractivity contribution in [2.24, 2.45) is 30.0 Å². The summed E-state index contributed by atoms with van der Waals surface area (Å²) in [6, 6.07) is 91.7. The summed E-state index contributed by atoms with van der Waals surface area (Å²) in [4.78, 5) is 71.4. The number of rotatable bonds is 19. The predicted molar refractivity (Wildman–Crippen MR) is 450 cm³/mol. The molecule has 17 nitrogen and oxygen atoms in total.